The number of carbonyl (C=O) groups is 1. The van der Waals surface area contributed by atoms with Crippen molar-refractivity contribution in [3.05, 3.63) is 113 Å². The minimum atomic E-state index is -0.141. The fourth-order valence-corrected chi connectivity index (χ4v) is 4.30. The molecule has 33 heavy (non-hydrogen) atoms. The molecule has 1 amide bonds. The van der Waals surface area contributed by atoms with Gasteiger partial charge in [-0.2, -0.15) is 0 Å². The number of hydrogen-bond donors (Lipinski definition) is 1. The number of aromatic nitrogens is 2. The van der Waals surface area contributed by atoms with E-state index in [1.54, 1.807) is 12.1 Å². The Morgan fingerprint density at radius 3 is 2.39 bits per heavy atom. The van der Waals surface area contributed by atoms with E-state index in [2.05, 4.69) is 63.1 Å². The molecule has 5 rings (SSSR count). The maximum Gasteiger partial charge on any atom is 0.255 e. The molecule has 4 aromatic carbocycles. The number of benzene rings is 4. The van der Waals surface area contributed by atoms with Crippen molar-refractivity contribution in [2.75, 3.05) is 5.32 Å². The minimum absolute atomic E-state index is 0.141. The second-order valence-corrected chi connectivity index (χ2v) is 8.68. The Kier molecular flexibility index (Phi) is 5.80. The smallest absolute Gasteiger partial charge is 0.255 e. The van der Waals surface area contributed by atoms with Crippen molar-refractivity contribution in [3.63, 3.8) is 0 Å². The van der Waals surface area contributed by atoms with Gasteiger partial charge in [-0.15, -0.1) is 0 Å². The first-order valence-corrected chi connectivity index (χ1v) is 11.7. The van der Waals surface area contributed by atoms with Gasteiger partial charge in [0.2, 0.25) is 0 Å². The lowest BCUT2D eigenvalue weighted by Gasteiger charge is -2.12. The molecular formula is C28H22BrN3O. The normalized spacial score (nSPS) is 11.0. The molecule has 0 bridgehead atoms. The quantitative estimate of drug-likeness (QED) is 0.278. The van der Waals surface area contributed by atoms with E-state index in [9.17, 15) is 4.79 Å². The summed E-state index contributed by atoms with van der Waals surface area (Å²) in [5, 5.41) is 3.07. The number of halogens is 1. The summed E-state index contributed by atoms with van der Waals surface area (Å²) < 4.78 is 3.15. The van der Waals surface area contributed by atoms with E-state index in [0.717, 1.165) is 50.3 Å². The van der Waals surface area contributed by atoms with Gasteiger partial charge in [0.15, 0.2) is 0 Å². The summed E-state index contributed by atoms with van der Waals surface area (Å²) in [6.45, 7) is 2.12. The predicted molar refractivity (Wildman–Crippen MR) is 138 cm³/mol. The molecule has 0 radical (unpaired) electrons. The lowest BCUT2D eigenvalue weighted by Crippen LogP contribution is -2.12. The van der Waals surface area contributed by atoms with Crippen molar-refractivity contribution in [1.82, 2.24) is 9.55 Å². The Bertz CT molecular complexity index is 1440. The molecule has 0 aliphatic carbocycles. The van der Waals surface area contributed by atoms with Crippen LogP contribution in [0, 0.1) is 0 Å². The summed E-state index contributed by atoms with van der Waals surface area (Å²) in [7, 11) is 0. The summed E-state index contributed by atoms with van der Waals surface area (Å²) in [6.07, 6.45) is 0.832. The molecule has 1 heterocycles. The van der Waals surface area contributed by atoms with Gasteiger partial charge in [0.05, 0.1) is 11.0 Å². The average Bonchev–Trinajstić information content (AvgIpc) is 3.23. The number of nitrogens with one attached hydrogen (secondary N) is 1. The van der Waals surface area contributed by atoms with E-state index >= 15 is 0 Å². The molecule has 1 aromatic heterocycles. The molecule has 0 unspecified atom stereocenters. The molecule has 0 aliphatic heterocycles. The number of aryl methyl sites for hydroxylation is 1. The molecule has 0 spiro atoms. The predicted octanol–water partition coefficient (Wildman–Crippen LogP) is 7.27. The Labute approximate surface area is 201 Å². The molecule has 5 aromatic rings. The fourth-order valence-electron chi connectivity index (χ4n) is 4.04. The Balaban J connectivity index is 1.54. The highest BCUT2D eigenvalue weighted by molar-refractivity contribution is 9.10. The number of carbonyl (C=O) groups excluding carboxylic acids is 1. The van der Waals surface area contributed by atoms with Gasteiger partial charge in [-0.05, 0) is 60.2 Å². The van der Waals surface area contributed by atoms with Crippen LogP contribution in [0.5, 0.6) is 0 Å². The van der Waals surface area contributed by atoms with Crippen LogP contribution in [0.25, 0.3) is 27.8 Å². The molecule has 0 atom stereocenters. The topological polar surface area (TPSA) is 46.9 Å². The summed E-state index contributed by atoms with van der Waals surface area (Å²) >= 11 is 3.41. The van der Waals surface area contributed by atoms with Gasteiger partial charge in [-0.25, -0.2) is 4.98 Å². The zero-order valence-corrected chi connectivity index (χ0v) is 19.7. The number of anilines is 1. The van der Waals surface area contributed by atoms with Crippen LogP contribution in [-0.2, 0) is 6.42 Å². The maximum atomic E-state index is 12.8. The monoisotopic (exact) mass is 495 g/mol. The van der Waals surface area contributed by atoms with Gasteiger partial charge in [-0.1, -0.05) is 65.3 Å². The molecule has 5 heteroatoms. The van der Waals surface area contributed by atoms with E-state index in [1.165, 1.54) is 0 Å². The van der Waals surface area contributed by atoms with Crippen LogP contribution in [0.2, 0.25) is 0 Å². The largest absolute Gasteiger partial charge is 0.321 e. The second kappa shape index (κ2) is 9.04. The van der Waals surface area contributed by atoms with Crippen LogP contribution in [0.3, 0.4) is 0 Å². The number of imidazole rings is 1. The van der Waals surface area contributed by atoms with E-state index < -0.39 is 0 Å². The van der Waals surface area contributed by atoms with Crippen molar-refractivity contribution >= 4 is 38.6 Å². The van der Waals surface area contributed by atoms with E-state index in [1.807, 2.05) is 54.6 Å². The summed E-state index contributed by atoms with van der Waals surface area (Å²) in [5.74, 6) is 0.878. The van der Waals surface area contributed by atoms with E-state index in [-0.39, 0.29) is 5.91 Å². The molecule has 4 nitrogen and oxygen atoms in total. The highest BCUT2D eigenvalue weighted by Gasteiger charge is 2.14. The molecule has 0 saturated carbocycles. The zero-order chi connectivity index (χ0) is 22.8. The van der Waals surface area contributed by atoms with Gasteiger partial charge < -0.3 is 5.32 Å². The molecule has 162 valence electrons. The number of nitrogens with zero attached hydrogens (tertiary/aromatic N) is 2. The Morgan fingerprint density at radius 1 is 0.909 bits per heavy atom. The van der Waals surface area contributed by atoms with Crippen molar-refractivity contribution in [2.24, 2.45) is 0 Å². The standard InChI is InChI=1S/C28H22BrN3O/c1-2-27-30-25-18-20(14-17-26(25)32(27)22-8-4-3-5-9-22)23-10-6-7-11-24(23)31-28(33)19-12-15-21(29)16-13-19/h3-18H,2H2,1H3,(H,31,33). The van der Waals surface area contributed by atoms with Crippen molar-refractivity contribution in [2.45, 2.75) is 13.3 Å². The molecule has 0 aliphatic rings. The summed E-state index contributed by atoms with van der Waals surface area (Å²) in [5.41, 5.74) is 6.44. The lowest BCUT2D eigenvalue weighted by molar-refractivity contribution is 0.102. The third-order valence-corrected chi connectivity index (χ3v) is 6.18. The van der Waals surface area contributed by atoms with Crippen molar-refractivity contribution in [3.8, 4) is 16.8 Å². The van der Waals surface area contributed by atoms with Crippen LogP contribution in [0.15, 0.2) is 102 Å². The van der Waals surface area contributed by atoms with Gasteiger partial charge >= 0.3 is 0 Å². The first kappa shape index (κ1) is 21.2. The second-order valence-electron chi connectivity index (χ2n) is 7.76. The van der Waals surface area contributed by atoms with Gasteiger partial charge in [0.1, 0.15) is 5.82 Å². The minimum Gasteiger partial charge on any atom is -0.321 e. The molecule has 0 fully saturated rings. The number of amides is 1. The number of rotatable bonds is 5. The highest BCUT2D eigenvalue weighted by atomic mass is 79.9. The third-order valence-electron chi connectivity index (χ3n) is 5.65. The molecule has 1 N–H and O–H groups in total. The number of fused-ring (bicyclic) bond motifs is 1. The van der Waals surface area contributed by atoms with Crippen LogP contribution in [-0.4, -0.2) is 15.5 Å². The van der Waals surface area contributed by atoms with Gasteiger partial charge in [0, 0.05) is 33.4 Å². The Hall–Kier alpha value is -3.70. The SMILES string of the molecule is CCc1nc2cc(-c3ccccc3NC(=O)c3ccc(Br)cc3)ccc2n1-c1ccccc1. The third kappa shape index (κ3) is 4.20. The van der Waals surface area contributed by atoms with Crippen molar-refractivity contribution < 1.29 is 4.79 Å². The fraction of sp³-hybridized carbons (Fsp3) is 0.0714. The average molecular weight is 496 g/mol. The molecule has 0 saturated heterocycles. The molecular weight excluding hydrogens is 474 g/mol. The van der Waals surface area contributed by atoms with Gasteiger partial charge in [0.25, 0.3) is 5.91 Å². The summed E-state index contributed by atoms with van der Waals surface area (Å²) in [4.78, 5) is 17.7. The van der Waals surface area contributed by atoms with Crippen LogP contribution >= 0.6 is 15.9 Å². The van der Waals surface area contributed by atoms with Crippen LogP contribution in [0.4, 0.5) is 5.69 Å². The van der Waals surface area contributed by atoms with E-state index in [4.69, 9.17) is 4.98 Å². The summed E-state index contributed by atoms with van der Waals surface area (Å²) in [6, 6.07) is 31.8. The maximum absolute atomic E-state index is 12.8. The number of para-hydroxylation sites is 2. The van der Waals surface area contributed by atoms with Crippen molar-refractivity contribution in [1.29, 1.82) is 0 Å². The lowest BCUT2D eigenvalue weighted by atomic mass is 10.0. The van der Waals surface area contributed by atoms with Crippen LogP contribution < -0.4 is 5.32 Å². The zero-order valence-electron chi connectivity index (χ0n) is 18.1. The highest BCUT2D eigenvalue weighted by Crippen LogP contribution is 2.32. The van der Waals surface area contributed by atoms with Gasteiger partial charge in [-0.3, -0.25) is 9.36 Å². The van der Waals surface area contributed by atoms with Crippen LogP contribution in [0.1, 0.15) is 23.1 Å². The Morgan fingerprint density at radius 2 is 1.64 bits per heavy atom. The van der Waals surface area contributed by atoms with E-state index in [0.29, 0.717) is 5.56 Å². The number of hydrogen-bond acceptors (Lipinski definition) is 2. The first-order chi connectivity index (χ1) is 16.1. The first-order valence-electron chi connectivity index (χ1n) is 10.9.